The van der Waals surface area contributed by atoms with Gasteiger partial charge >= 0.3 is 11.9 Å². The van der Waals surface area contributed by atoms with Crippen LogP contribution >= 0.6 is 0 Å². The van der Waals surface area contributed by atoms with Gasteiger partial charge in [0.1, 0.15) is 11.6 Å². The van der Waals surface area contributed by atoms with Crippen LogP contribution < -0.4 is 11.5 Å². The Labute approximate surface area is 278 Å². The number of rotatable bonds is 14. The van der Waals surface area contributed by atoms with Crippen molar-refractivity contribution >= 4 is 33.7 Å². The molecule has 0 bridgehead atoms. The first kappa shape index (κ1) is 33.8. The zero-order valence-electron chi connectivity index (χ0n) is 27.0. The number of carbonyl (C=O) groups is 2. The zero-order chi connectivity index (χ0) is 33.6. The van der Waals surface area contributed by atoms with Crippen molar-refractivity contribution < 1.29 is 27.8 Å². The number of aromatic amines is 2. The lowest BCUT2D eigenvalue weighted by molar-refractivity contribution is -0.146. The van der Waals surface area contributed by atoms with Crippen molar-refractivity contribution in [2.75, 3.05) is 39.3 Å². The van der Waals surface area contributed by atoms with Crippen LogP contribution in [0.15, 0.2) is 60.9 Å². The molecule has 4 heterocycles. The molecule has 48 heavy (non-hydrogen) atoms. The van der Waals surface area contributed by atoms with E-state index in [-0.39, 0.29) is 23.5 Å². The summed E-state index contributed by atoms with van der Waals surface area (Å²) in [6.07, 6.45) is 8.87. The number of esters is 2. The molecule has 256 valence electrons. The molecule has 0 amide bonds. The number of benzene rings is 2. The molecule has 0 saturated carbocycles. The topological polar surface area (TPSA) is 143 Å². The molecule has 2 aromatic carbocycles. The van der Waals surface area contributed by atoms with E-state index in [9.17, 15) is 18.4 Å². The first-order valence-electron chi connectivity index (χ1n) is 16.7. The van der Waals surface area contributed by atoms with E-state index in [1.807, 2.05) is 12.4 Å². The molecule has 6 rings (SSSR count). The number of H-pyrrole nitrogens is 2. The van der Waals surface area contributed by atoms with Crippen LogP contribution in [0.4, 0.5) is 8.78 Å². The predicted octanol–water partition coefficient (Wildman–Crippen LogP) is 4.35. The molecule has 6 N–H and O–H groups in total. The molecule has 2 fully saturated rings. The maximum Gasteiger partial charge on any atom is 0.332 e. The Balaban J connectivity index is 0.849. The maximum absolute atomic E-state index is 13.7. The van der Waals surface area contributed by atoms with Crippen LogP contribution in [0.25, 0.3) is 21.8 Å². The lowest BCUT2D eigenvalue weighted by Crippen LogP contribution is -2.31. The largest absolute Gasteiger partial charge is 0.444 e. The number of ether oxygens (including phenoxy) is 2. The molecule has 2 aliphatic rings. The number of aromatic nitrogens is 2. The van der Waals surface area contributed by atoms with Crippen LogP contribution in [0.2, 0.25) is 0 Å². The van der Waals surface area contributed by atoms with E-state index >= 15 is 0 Å². The highest BCUT2D eigenvalue weighted by atomic mass is 19.1. The van der Waals surface area contributed by atoms with Crippen LogP contribution in [-0.4, -0.2) is 83.4 Å². The fourth-order valence-corrected chi connectivity index (χ4v) is 7.16. The van der Waals surface area contributed by atoms with Crippen LogP contribution in [0.5, 0.6) is 0 Å². The first-order chi connectivity index (χ1) is 23.2. The van der Waals surface area contributed by atoms with E-state index in [1.165, 1.54) is 12.1 Å². The summed E-state index contributed by atoms with van der Waals surface area (Å²) >= 11 is 0. The van der Waals surface area contributed by atoms with Gasteiger partial charge in [0.15, 0.2) is 12.5 Å². The summed E-state index contributed by atoms with van der Waals surface area (Å²) in [5.74, 6) is -1.34. The van der Waals surface area contributed by atoms with Crippen molar-refractivity contribution in [3.63, 3.8) is 0 Å². The molecular formula is C36H44F2N6O4. The zero-order valence-corrected chi connectivity index (χ0v) is 27.0. The highest BCUT2D eigenvalue weighted by Crippen LogP contribution is 2.25. The minimum absolute atomic E-state index is 0.244. The third-order valence-corrected chi connectivity index (χ3v) is 9.62. The van der Waals surface area contributed by atoms with Crippen molar-refractivity contribution in [1.82, 2.24) is 19.8 Å². The molecule has 4 atom stereocenters. The summed E-state index contributed by atoms with van der Waals surface area (Å²) < 4.78 is 38.0. The molecule has 4 unspecified atom stereocenters. The van der Waals surface area contributed by atoms with Crippen molar-refractivity contribution in [2.45, 2.75) is 51.0 Å². The van der Waals surface area contributed by atoms with Gasteiger partial charge in [-0.2, -0.15) is 0 Å². The highest BCUT2D eigenvalue weighted by molar-refractivity contribution is 5.91. The van der Waals surface area contributed by atoms with Gasteiger partial charge in [0.25, 0.3) is 0 Å². The van der Waals surface area contributed by atoms with Gasteiger partial charge in [0.05, 0.1) is 0 Å². The van der Waals surface area contributed by atoms with Gasteiger partial charge < -0.3 is 29.2 Å². The minimum Gasteiger partial charge on any atom is -0.444 e. The monoisotopic (exact) mass is 662 g/mol. The van der Waals surface area contributed by atoms with E-state index in [0.717, 1.165) is 110 Å². The number of nitrogens with zero attached hydrogens (tertiary/aromatic N) is 2. The molecule has 4 aromatic rings. The molecular weight excluding hydrogens is 618 g/mol. The number of fused-ring (bicyclic) bond motifs is 2. The normalized spacial score (nSPS) is 20.2. The minimum atomic E-state index is -0.788. The number of hydrogen-bond acceptors (Lipinski definition) is 8. The Hall–Kier alpha value is -4.10. The third kappa shape index (κ3) is 8.87. The van der Waals surface area contributed by atoms with E-state index < -0.39 is 24.4 Å². The SMILES string of the molecule is NC(CC1CCN(CCc2c[nH]c3ccc(F)cc23)C1)OC(=O)/C=C/C(=O)OC(N)CC1CCN(CCc2c[nH]c3ccc(F)cc23)C1. The van der Waals surface area contributed by atoms with Gasteiger partial charge in [-0.1, -0.05) is 0 Å². The number of likely N-dealkylation sites (tertiary alicyclic amines) is 2. The molecule has 12 heteroatoms. The van der Waals surface area contributed by atoms with Gasteiger partial charge in [-0.3, -0.25) is 11.5 Å². The van der Waals surface area contributed by atoms with Crippen LogP contribution in [0, 0.1) is 23.5 Å². The summed E-state index contributed by atoms with van der Waals surface area (Å²) in [5.41, 5.74) is 16.2. The number of carbonyl (C=O) groups excluding carboxylic acids is 2. The van der Waals surface area contributed by atoms with Crippen molar-refractivity contribution in [2.24, 2.45) is 23.3 Å². The second kappa shape index (κ2) is 15.4. The number of nitrogens with two attached hydrogens (primary N) is 2. The Morgan fingerprint density at radius 1 is 0.771 bits per heavy atom. The van der Waals surface area contributed by atoms with E-state index in [4.69, 9.17) is 20.9 Å². The van der Waals surface area contributed by atoms with Gasteiger partial charge in [-0.05, 0) is 98.1 Å². The highest BCUT2D eigenvalue weighted by Gasteiger charge is 2.27. The van der Waals surface area contributed by atoms with Gasteiger partial charge in [0.2, 0.25) is 0 Å². The van der Waals surface area contributed by atoms with E-state index in [2.05, 4.69) is 19.8 Å². The molecule has 2 aliphatic heterocycles. The Morgan fingerprint density at radius 3 is 1.65 bits per heavy atom. The molecule has 0 radical (unpaired) electrons. The predicted molar refractivity (Wildman–Crippen MR) is 180 cm³/mol. The lowest BCUT2D eigenvalue weighted by atomic mass is 10.0. The molecule has 10 nitrogen and oxygen atoms in total. The van der Waals surface area contributed by atoms with Crippen molar-refractivity contribution in [3.05, 3.63) is 83.7 Å². The van der Waals surface area contributed by atoms with Gasteiger partial charge in [-0.25, -0.2) is 18.4 Å². The Kier molecular flexibility index (Phi) is 10.9. The van der Waals surface area contributed by atoms with Crippen LogP contribution in [0.3, 0.4) is 0 Å². The van der Waals surface area contributed by atoms with Gasteiger partial charge in [-0.15, -0.1) is 0 Å². The van der Waals surface area contributed by atoms with Gasteiger partial charge in [0, 0.05) is 85.4 Å². The number of nitrogens with one attached hydrogen (secondary N) is 2. The number of halogens is 2. The average molecular weight is 663 g/mol. The smallest absolute Gasteiger partial charge is 0.332 e. The molecule has 2 saturated heterocycles. The Bertz CT molecular complexity index is 1630. The van der Waals surface area contributed by atoms with E-state index in [0.29, 0.717) is 12.8 Å². The van der Waals surface area contributed by atoms with Crippen LogP contribution in [0.1, 0.15) is 36.8 Å². The van der Waals surface area contributed by atoms with E-state index in [1.54, 1.807) is 24.3 Å². The maximum atomic E-state index is 13.7. The summed E-state index contributed by atoms with van der Waals surface area (Å²) in [5, 5.41) is 1.82. The Morgan fingerprint density at radius 2 is 1.21 bits per heavy atom. The summed E-state index contributed by atoms with van der Waals surface area (Å²) in [6, 6.07) is 9.54. The van der Waals surface area contributed by atoms with Crippen molar-refractivity contribution in [3.8, 4) is 0 Å². The average Bonchev–Trinajstić information content (AvgIpc) is 3.85. The standard InChI is InChI=1S/C36H44F2N6O4/c37-27-1-3-31-29(17-27)25(19-41-31)9-13-43-11-7-23(21-43)15-33(39)47-35(45)5-6-36(46)48-34(40)16-24-8-12-44(22-24)14-10-26-20-42-32-4-2-28(38)18-30(26)32/h1-6,17-20,23-24,33-34,41-42H,7-16,21-22,39-40H2/b6-5+. The van der Waals surface area contributed by atoms with Crippen molar-refractivity contribution in [1.29, 1.82) is 0 Å². The fraction of sp³-hybridized carbons (Fsp3) is 0.444. The summed E-state index contributed by atoms with van der Waals surface area (Å²) in [7, 11) is 0. The lowest BCUT2D eigenvalue weighted by Gasteiger charge is -2.18. The second-order valence-corrected chi connectivity index (χ2v) is 13.2. The number of hydrogen-bond donors (Lipinski definition) is 4. The van der Waals surface area contributed by atoms with Crippen LogP contribution in [-0.2, 0) is 31.9 Å². The summed E-state index contributed by atoms with van der Waals surface area (Å²) in [4.78, 5) is 35.7. The molecule has 0 aliphatic carbocycles. The quantitative estimate of drug-likeness (QED) is 0.0888. The molecule has 2 aromatic heterocycles. The molecule has 0 spiro atoms. The fourth-order valence-electron chi connectivity index (χ4n) is 7.16. The summed E-state index contributed by atoms with van der Waals surface area (Å²) in [6.45, 7) is 5.20. The third-order valence-electron chi connectivity index (χ3n) is 9.62. The first-order valence-corrected chi connectivity index (χ1v) is 16.7. The second-order valence-electron chi connectivity index (χ2n) is 13.2.